The van der Waals surface area contributed by atoms with Crippen LogP contribution in [0.25, 0.3) is 0 Å². The molecule has 0 aromatic heterocycles. The first-order valence-electron chi connectivity index (χ1n) is 13.6. The third-order valence-electron chi connectivity index (χ3n) is 8.40. The van der Waals surface area contributed by atoms with E-state index in [4.69, 9.17) is 0 Å². The highest BCUT2D eigenvalue weighted by Crippen LogP contribution is 2.44. The fourth-order valence-electron chi connectivity index (χ4n) is 6.40. The number of unbranched alkanes of at least 4 members (excludes halogenated alkanes) is 6. The maximum atomic E-state index is 12.6. The molecule has 2 aliphatic carbocycles. The minimum atomic E-state index is -4.12. The molecule has 0 atom stereocenters. The molecule has 1 aromatic rings. The second kappa shape index (κ2) is 13.0. The number of rotatable bonds is 11. The number of benzene rings is 1. The van der Waals surface area contributed by atoms with Gasteiger partial charge in [0.1, 0.15) is 0 Å². The summed E-state index contributed by atoms with van der Waals surface area (Å²) in [6.07, 6.45) is 17.2. The first-order valence-corrected chi connectivity index (χ1v) is 13.6. The van der Waals surface area contributed by atoms with Crippen LogP contribution in [0.1, 0.15) is 127 Å². The molecule has 0 nitrogen and oxygen atoms in total. The summed E-state index contributed by atoms with van der Waals surface area (Å²) in [4.78, 5) is 0. The summed E-state index contributed by atoms with van der Waals surface area (Å²) in [5.41, 5.74) is 1.62. The van der Waals surface area contributed by atoms with Crippen LogP contribution in [0.5, 0.6) is 0 Å². The van der Waals surface area contributed by atoms with Gasteiger partial charge in [-0.05, 0) is 73.3 Å². The molecule has 0 bridgehead atoms. The lowest BCUT2D eigenvalue weighted by Crippen LogP contribution is -2.25. The average Bonchev–Trinajstić information content (AvgIpc) is 2.79. The summed E-state index contributed by atoms with van der Waals surface area (Å²) in [6, 6.07) is 7.25. The maximum absolute atomic E-state index is 12.6. The molecule has 0 aliphatic heterocycles. The van der Waals surface area contributed by atoms with Crippen LogP contribution in [0.2, 0.25) is 0 Å². The zero-order chi connectivity index (χ0) is 22.8. The topological polar surface area (TPSA) is 0 Å². The molecule has 0 N–H and O–H groups in total. The van der Waals surface area contributed by atoms with Crippen molar-refractivity contribution in [3.63, 3.8) is 0 Å². The quantitative estimate of drug-likeness (QED) is 0.294. The van der Waals surface area contributed by atoms with Crippen molar-refractivity contribution in [3.05, 3.63) is 35.4 Å². The molecule has 0 spiro atoms. The van der Waals surface area contributed by atoms with Gasteiger partial charge in [-0.3, -0.25) is 0 Å². The predicted octanol–water partition coefficient (Wildman–Crippen LogP) is 10.0. The van der Waals surface area contributed by atoms with E-state index < -0.39 is 12.6 Å². The Morgan fingerprint density at radius 1 is 0.688 bits per heavy atom. The van der Waals surface area contributed by atoms with E-state index in [0.29, 0.717) is 11.5 Å². The van der Waals surface area contributed by atoms with Gasteiger partial charge in [-0.1, -0.05) is 95.4 Å². The van der Waals surface area contributed by atoms with Gasteiger partial charge in [0.15, 0.2) is 0 Å². The van der Waals surface area contributed by atoms with Crippen molar-refractivity contribution < 1.29 is 13.2 Å². The molecule has 1 aromatic carbocycles. The SMILES string of the molecule is CCCCCCCCC[C@H]1CC[C@H](C2CCC(c3ccc(CC(F)(F)F)cc3)CC2)CC1. The summed E-state index contributed by atoms with van der Waals surface area (Å²) in [6.45, 7) is 2.28. The summed E-state index contributed by atoms with van der Waals surface area (Å²) in [5, 5.41) is 0. The molecule has 0 heterocycles. The molecule has 3 heteroatoms. The molecule has 0 amide bonds. The predicted molar refractivity (Wildman–Crippen MR) is 129 cm³/mol. The van der Waals surface area contributed by atoms with Crippen LogP contribution in [0, 0.1) is 17.8 Å². The Hall–Kier alpha value is -0.990. The van der Waals surface area contributed by atoms with E-state index in [-0.39, 0.29) is 0 Å². The Morgan fingerprint density at radius 3 is 1.78 bits per heavy atom. The summed E-state index contributed by atoms with van der Waals surface area (Å²) in [5.74, 6) is 3.33. The highest BCUT2D eigenvalue weighted by molar-refractivity contribution is 5.26. The minimum Gasteiger partial charge on any atom is -0.171 e. The first-order chi connectivity index (χ1) is 15.4. The van der Waals surface area contributed by atoms with E-state index in [1.54, 1.807) is 12.1 Å². The molecule has 0 saturated heterocycles. The molecule has 3 rings (SSSR count). The van der Waals surface area contributed by atoms with Crippen LogP contribution in [0.3, 0.4) is 0 Å². The second-order valence-corrected chi connectivity index (χ2v) is 10.8. The number of halogens is 3. The fraction of sp³-hybridized carbons (Fsp3) is 0.793. The normalized spacial score (nSPS) is 26.9. The average molecular weight is 451 g/mol. The van der Waals surface area contributed by atoms with E-state index in [1.807, 2.05) is 12.1 Å². The molecule has 182 valence electrons. The molecule has 0 unspecified atom stereocenters. The largest absolute Gasteiger partial charge is 0.393 e. The van der Waals surface area contributed by atoms with Crippen LogP contribution < -0.4 is 0 Å². The Kier molecular flexibility index (Phi) is 10.4. The van der Waals surface area contributed by atoms with Crippen molar-refractivity contribution in [2.75, 3.05) is 0 Å². The lowest BCUT2D eigenvalue weighted by molar-refractivity contribution is -0.127. The van der Waals surface area contributed by atoms with Gasteiger partial charge >= 0.3 is 6.18 Å². The van der Waals surface area contributed by atoms with Crippen molar-refractivity contribution in [1.82, 2.24) is 0 Å². The number of hydrogen-bond acceptors (Lipinski definition) is 0. The van der Waals surface area contributed by atoms with E-state index >= 15 is 0 Å². The molecule has 0 radical (unpaired) electrons. The van der Waals surface area contributed by atoms with Crippen molar-refractivity contribution >= 4 is 0 Å². The van der Waals surface area contributed by atoms with Crippen LogP contribution in [-0.4, -0.2) is 6.18 Å². The highest BCUT2D eigenvalue weighted by Gasteiger charge is 2.31. The van der Waals surface area contributed by atoms with E-state index in [2.05, 4.69) is 6.92 Å². The molecular weight excluding hydrogens is 405 g/mol. The maximum Gasteiger partial charge on any atom is 0.393 e. The molecular formula is C29H45F3. The fourth-order valence-corrected chi connectivity index (χ4v) is 6.40. The summed E-state index contributed by atoms with van der Waals surface area (Å²) < 4.78 is 37.7. The highest BCUT2D eigenvalue weighted by atomic mass is 19.4. The monoisotopic (exact) mass is 450 g/mol. The standard InChI is InChI=1S/C29H45F3/c1-2-3-4-5-6-7-8-9-23-10-14-25(15-11-23)27-18-20-28(21-19-27)26-16-12-24(13-17-26)22-29(30,31)32/h12-13,16-17,23,25,27-28H,2-11,14-15,18-22H2,1H3/t23-,25-,27?,28?. The van der Waals surface area contributed by atoms with E-state index in [1.165, 1.54) is 108 Å². The van der Waals surface area contributed by atoms with Gasteiger partial charge in [0.2, 0.25) is 0 Å². The molecule has 2 fully saturated rings. The van der Waals surface area contributed by atoms with Crippen molar-refractivity contribution in [2.45, 2.75) is 128 Å². The van der Waals surface area contributed by atoms with Gasteiger partial charge in [-0.2, -0.15) is 13.2 Å². The van der Waals surface area contributed by atoms with Crippen LogP contribution in [0.4, 0.5) is 13.2 Å². The third-order valence-corrected chi connectivity index (χ3v) is 8.40. The van der Waals surface area contributed by atoms with Crippen LogP contribution in [0.15, 0.2) is 24.3 Å². The van der Waals surface area contributed by atoms with Crippen LogP contribution in [-0.2, 0) is 6.42 Å². The van der Waals surface area contributed by atoms with Gasteiger partial charge in [0.05, 0.1) is 6.42 Å². The van der Waals surface area contributed by atoms with Gasteiger partial charge in [0, 0.05) is 0 Å². The zero-order valence-electron chi connectivity index (χ0n) is 20.3. The lowest BCUT2D eigenvalue weighted by atomic mass is 9.68. The summed E-state index contributed by atoms with van der Waals surface area (Å²) >= 11 is 0. The smallest absolute Gasteiger partial charge is 0.171 e. The van der Waals surface area contributed by atoms with Gasteiger partial charge < -0.3 is 0 Å². The van der Waals surface area contributed by atoms with Gasteiger partial charge in [-0.15, -0.1) is 0 Å². The molecule has 2 aliphatic rings. The van der Waals surface area contributed by atoms with Gasteiger partial charge in [0.25, 0.3) is 0 Å². The van der Waals surface area contributed by atoms with E-state index in [0.717, 1.165) is 17.8 Å². The van der Waals surface area contributed by atoms with Crippen molar-refractivity contribution in [2.24, 2.45) is 17.8 Å². The van der Waals surface area contributed by atoms with Crippen molar-refractivity contribution in [3.8, 4) is 0 Å². The van der Waals surface area contributed by atoms with Crippen LogP contribution >= 0.6 is 0 Å². The molecule has 32 heavy (non-hydrogen) atoms. The number of hydrogen-bond donors (Lipinski definition) is 0. The Morgan fingerprint density at radius 2 is 1.22 bits per heavy atom. The Balaban J connectivity index is 1.31. The lowest BCUT2D eigenvalue weighted by Gasteiger charge is -2.38. The summed E-state index contributed by atoms with van der Waals surface area (Å²) in [7, 11) is 0. The first kappa shape index (κ1) is 25.6. The number of alkyl halides is 3. The third kappa shape index (κ3) is 8.75. The van der Waals surface area contributed by atoms with Gasteiger partial charge in [-0.25, -0.2) is 0 Å². The second-order valence-electron chi connectivity index (χ2n) is 10.8. The van der Waals surface area contributed by atoms with E-state index in [9.17, 15) is 13.2 Å². The zero-order valence-corrected chi connectivity index (χ0v) is 20.3. The Labute approximate surface area is 194 Å². The van der Waals surface area contributed by atoms with Crippen molar-refractivity contribution in [1.29, 1.82) is 0 Å². The molecule has 2 saturated carbocycles. The Bertz CT molecular complexity index is 617. The minimum absolute atomic E-state index is 0.378.